The van der Waals surface area contributed by atoms with Gasteiger partial charge in [0.15, 0.2) is 5.58 Å². The molecule has 2 aromatic heterocycles. The Kier molecular flexibility index (Phi) is 23.7. The number of hydrogen-bond acceptors (Lipinski definition) is 19. The van der Waals surface area contributed by atoms with Crippen LogP contribution in [0, 0.1) is 5.41 Å². The van der Waals surface area contributed by atoms with Gasteiger partial charge in [-0.15, -0.1) is 0 Å². The number of nitrogens with two attached hydrogens (primary N) is 3. The summed E-state index contributed by atoms with van der Waals surface area (Å²) in [5, 5.41) is 12.1. The zero-order chi connectivity index (χ0) is 43.3. The van der Waals surface area contributed by atoms with E-state index in [2.05, 4.69) is 50.4 Å². The summed E-state index contributed by atoms with van der Waals surface area (Å²) in [6, 6.07) is 11.9. The molecule has 3 heterocycles. The fourth-order valence-electron chi connectivity index (χ4n) is 5.92. The highest BCUT2D eigenvalue weighted by molar-refractivity contribution is 6.17. The molecule has 0 radical (unpaired) electrons. The first kappa shape index (κ1) is 49.0. The minimum absolute atomic E-state index is 0.0882. The summed E-state index contributed by atoms with van der Waals surface area (Å²) in [6.45, 7) is 11.4. The van der Waals surface area contributed by atoms with Crippen LogP contribution in [0.5, 0.6) is 0 Å². The smallest absolute Gasteiger partial charge is 0.292 e. The molecule has 61 heavy (non-hydrogen) atoms. The van der Waals surface area contributed by atoms with Crippen molar-refractivity contribution in [3.8, 4) is 0 Å². The van der Waals surface area contributed by atoms with Crippen molar-refractivity contribution in [3.63, 3.8) is 0 Å². The van der Waals surface area contributed by atoms with Gasteiger partial charge >= 0.3 is 0 Å². The molecule has 0 saturated carbocycles. The van der Waals surface area contributed by atoms with Crippen molar-refractivity contribution >= 4 is 40.7 Å². The maximum Gasteiger partial charge on any atom is 0.292 e. The molecule has 0 fully saturated rings. The van der Waals surface area contributed by atoms with Crippen LogP contribution in [0.2, 0.25) is 0 Å². The van der Waals surface area contributed by atoms with Gasteiger partial charge in [-0.25, -0.2) is 9.97 Å². The molecule has 0 bridgehead atoms. The second kappa shape index (κ2) is 29.6. The lowest BCUT2D eigenvalue weighted by Gasteiger charge is -2.25. The number of carbonyl (C=O) groups is 1. The van der Waals surface area contributed by atoms with Crippen LogP contribution in [0.15, 0.2) is 47.1 Å². The van der Waals surface area contributed by atoms with E-state index < -0.39 is 0 Å². The molecule has 0 aliphatic carbocycles. The highest BCUT2D eigenvalue weighted by Gasteiger charge is 2.18. The van der Waals surface area contributed by atoms with Gasteiger partial charge in [-0.05, 0) is 48.4 Å². The summed E-state index contributed by atoms with van der Waals surface area (Å²) in [4.78, 5) is 25.0. The zero-order valence-electron chi connectivity index (χ0n) is 35.3. The van der Waals surface area contributed by atoms with Gasteiger partial charge in [0.1, 0.15) is 29.8 Å². The zero-order valence-corrected chi connectivity index (χ0v) is 35.3. The van der Waals surface area contributed by atoms with Crippen molar-refractivity contribution in [3.05, 3.63) is 70.5 Å². The number of benzene rings is 2. The molecule has 336 valence electrons. The molecule has 8 N–H and O–H groups in total. The molecule has 1 aliphatic rings. The third kappa shape index (κ3) is 18.9. The van der Waals surface area contributed by atoms with Gasteiger partial charge in [0.05, 0.1) is 117 Å². The van der Waals surface area contributed by atoms with Crippen LogP contribution in [-0.4, -0.2) is 158 Å². The molecule has 0 saturated heterocycles. The van der Waals surface area contributed by atoms with Gasteiger partial charge < -0.3 is 74.5 Å². The normalized spacial score (nSPS) is 12.6. The number of anilines is 3. The van der Waals surface area contributed by atoms with Gasteiger partial charge in [-0.3, -0.25) is 5.41 Å². The molecule has 0 amide bonds. The lowest BCUT2D eigenvalue weighted by atomic mass is 9.97. The summed E-state index contributed by atoms with van der Waals surface area (Å²) in [5.74, 6) is 0.750. The Bertz CT molecular complexity index is 1850. The van der Waals surface area contributed by atoms with Gasteiger partial charge in [-0.1, -0.05) is 18.2 Å². The summed E-state index contributed by atoms with van der Waals surface area (Å²) >= 11 is 0. The number of rotatable bonds is 31. The van der Waals surface area contributed by atoms with E-state index >= 15 is 0 Å². The minimum Gasteiger partial charge on any atom is -0.424 e. The molecule has 19 heteroatoms. The van der Waals surface area contributed by atoms with Crippen LogP contribution in [-0.2, 0) is 62.2 Å². The third-order valence-electron chi connectivity index (χ3n) is 9.00. The molecule has 0 spiro atoms. The Hall–Kier alpha value is -4.67. The Morgan fingerprint density at radius 1 is 0.770 bits per heavy atom. The van der Waals surface area contributed by atoms with Gasteiger partial charge in [0.25, 0.3) is 6.01 Å². The largest absolute Gasteiger partial charge is 0.424 e. The van der Waals surface area contributed by atoms with Crippen LogP contribution in [0.25, 0.3) is 11.1 Å². The number of nitrogens with zero attached hydrogens (tertiary/aromatic N) is 4. The molecule has 1 aliphatic heterocycles. The highest BCUT2D eigenvalue weighted by atomic mass is 16.6. The molecular weight excluding hydrogens is 791 g/mol. The molecule has 19 nitrogen and oxygen atoms in total. The van der Waals surface area contributed by atoms with Crippen molar-refractivity contribution in [2.75, 3.05) is 143 Å². The first-order chi connectivity index (χ1) is 29.9. The van der Waals surface area contributed by atoms with E-state index in [9.17, 15) is 4.79 Å². The standard InChI is InChI=1S/C23H24N8O.C19H39NO9/c1-31-7-6-14-8-13(2-3-16(14)11-31)10-27-22-19(21(25)28-12-29-22)20(24)15-4-5-18-17(9-15)30-23(26)32-18;20-2-5-23-7-9-25-11-13-27-15-17-29-19-18-28-16-14-26-12-10-24-8-6-22-4-1-3-21/h2-5,8-9,12,24H,6-7,10-11H2,1H3,(H2,26,30)(H3,25,27,28,29);3H,1-2,4-20H2. The maximum atomic E-state index is 10.1. The minimum atomic E-state index is 0.0882. The van der Waals surface area contributed by atoms with E-state index in [4.69, 9.17) is 64.9 Å². The van der Waals surface area contributed by atoms with E-state index in [-0.39, 0.29) is 17.5 Å². The number of nitrogens with one attached hydrogen (secondary N) is 2. The number of aldehydes is 1. The Balaban J connectivity index is 0.000000271. The topological polar surface area (TPSA) is 260 Å². The van der Waals surface area contributed by atoms with Gasteiger partial charge in [-0.2, -0.15) is 4.98 Å². The van der Waals surface area contributed by atoms with E-state index in [1.807, 2.05) is 0 Å². The Morgan fingerprint density at radius 2 is 1.34 bits per heavy atom. The average molecular weight is 854 g/mol. The van der Waals surface area contributed by atoms with E-state index in [0.29, 0.717) is 153 Å². The summed E-state index contributed by atoms with van der Waals surface area (Å²) in [7, 11) is 2.14. The number of fused-ring (bicyclic) bond motifs is 2. The first-order valence-corrected chi connectivity index (χ1v) is 20.5. The number of likely N-dealkylation sites (N-methyl/N-ethyl adjacent to an activating group) is 1. The SMILES string of the molecule is CN1CCc2cc(CNc3ncnc(N)c3C(=N)c3ccc4oc(N)nc4c3)ccc2C1.NCCOCCOCCOCCOCCOCCOCCOCCOCCC=O. The van der Waals surface area contributed by atoms with Crippen LogP contribution < -0.4 is 22.5 Å². The molecular formula is C42H63N9O10. The van der Waals surface area contributed by atoms with Crippen molar-refractivity contribution in [2.45, 2.75) is 25.9 Å². The quantitative estimate of drug-likeness (QED) is 0.0277. The van der Waals surface area contributed by atoms with Crippen molar-refractivity contribution in [2.24, 2.45) is 5.73 Å². The average Bonchev–Trinajstić information content (AvgIpc) is 3.65. The van der Waals surface area contributed by atoms with Crippen LogP contribution in [0.4, 0.5) is 17.7 Å². The predicted octanol–water partition coefficient (Wildman–Crippen LogP) is 2.47. The number of carbonyl (C=O) groups excluding carboxylic acids is 1. The van der Waals surface area contributed by atoms with Gasteiger partial charge in [0, 0.05) is 38.2 Å². The highest BCUT2D eigenvalue weighted by Crippen LogP contribution is 2.26. The number of aromatic nitrogens is 3. The molecule has 5 rings (SSSR count). The number of ether oxygens (including phenoxy) is 8. The van der Waals surface area contributed by atoms with Crippen molar-refractivity contribution in [1.29, 1.82) is 5.41 Å². The first-order valence-electron chi connectivity index (χ1n) is 20.5. The summed E-state index contributed by atoms with van der Waals surface area (Å²) in [6.07, 6.45) is 3.70. The van der Waals surface area contributed by atoms with Crippen LogP contribution in [0.3, 0.4) is 0 Å². The lowest BCUT2D eigenvalue weighted by molar-refractivity contribution is -0.109. The lowest BCUT2D eigenvalue weighted by Crippen LogP contribution is -2.26. The maximum absolute atomic E-state index is 10.1. The monoisotopic (exact) mass is 853 g/mol. The van der Waals surface area contributed by atoms with E-state index in [1.165, 1.54) is 17.5 Å². The van der Waals surface area contributed by atoms with Crippen molar-refractivity contribution < 1.29 is 47.1 Å². The second-order valence-electron chi connectivity index (χ2n) is 13.7. The Morgan fingerprint density at radius 3 is 1.92 bits per heavy atom. The van der Waals surface area contributed by atoms with Gasteiger partial charge in [0.2, 0.25) is 0 Å². The number of hydrogen-bond donors (Lipinski definition) is 5. The Labute approximate surface area is 357 Å². The second-order valence-corrected chi connectivity index (χ2v) is 13.7. The summed E-state index contributed by atoms with van der Waals surface area (Å²) < 4.78 is 47.9. The fraction of sp³-hybridized carbons (Fsp3) is 0.548. The molecule has 0 atom stereocenters. The number of oxazole rings is 1. The molecule has 2 aromatic carbocycles. The van der Waals surface area contributed by atoms with E-state index in [1.54, 1.807) is 18.2 Å². The fourth-order valence-corrected chi connectivity index (χ4v) is 5.92. The third-order valence-corrected chi connectivity index (χ3v) is 9.00. The predicted molar refractivity (Wildman–Crippen MR) is 231 cm³/mol. The summed E-state index contributed by atoms with van der Waals surface area (Å²) in [5.41, 5.74) is 23.4. The number of nitrogen functional groups attached to an aromatic ring is 2. The molecule has 0 unspecified atom stereocenters. The van der Waals surface area contributed by atoms with Crippen LogP contribution in [0.1, 0.15) is 34.2 Å². The van der Waals surface area contributed by atoms with Crippen molar-refractivity contribution in [1.82, 2.24) is 19.9 Å². The molecule has 4 aromatic rings. The van der Waals surface area contributed by atoms with E-state index in [0.717, 1.165) is 31.4 Å². The van der Waals surface area contributed by atoms with Crippen LogP contribution >= 0.6 is 0 Å².